The summed E-state index contributed by atoms with van der Waals surface area (Å²) in [5.41, 5.74) is 4.15. The first-order valence-electron chi connectivity index (χ1n) is 5.68. The normalized spacial score (nSPS) is 17.1. The molecule has 2 rings (SSSR count). The van der Waals surface area contributed by atoms with Crippen molar-refractivity contribution >= 4 is 0 Å². The number of hydrogen-bond donors (Lipinski definition) is 1. The van der Waals surface area contributed by atoms with Crippen molar-refractivity contribution in [2.24, 2.45) is 0 Å². The molecule has 0 unspecified atom stereocenters. The Kier molecular flexibility index (Phi) is 4.30. The van der Waals surface area contributed by atoms with Gasteiger partial charge in [0.1, 0.15) is 0 Å². The second-order valence-electron chi connectivity index (χ2n) is 3.90. The van der Waals surface area contributed by atoms with Gasteiger partial charge in [0.25, 0.3) is 0 Å². The lowest BCUT2D eigenvalue weighted by Crippen LogP contribution is -2.45. The van der Waals surface area contributed by atoms with E-state index in [0.717, 1.165) is 31.9 Å². The van der Waals surface area contributed by atoms with Crippen LogP contribution in [0.2, 0.25) is 0 Å². The lowest BCUT2D eigenvalue weighted by molar-refractivity contribution is 0.0105. The monoisotopic (exact) mass is 240 g/mol. The molecule has 0 saturated carbocycles. The highest BCUT2D eigenvalue weighted by Crippen LogP contribution is 2.17. The van der Waals surface area contributed by atoms with Gasteiger partial charge in [-0.15, -0.1) is 0 Å². The summed E-state index contributed by atoms with van der Waals surface area (Å²) in [5, 5.41) is 2.09. The van der Waals surface area contributed by atoms with Crippen molar-refractivity contribution in [3.05, 3.63) is 29.6 Å². The fraction of sp³-hybridized carbons (Fsp3) is 0.500. The maximum absolute atomic E-state index is 13.4. The van der Waals surface area contributed by atoms with E-state index in [2.05, 4.69) is 10.4 Å². The van der Waals surface area contributed by atoms with Gasteiger partial charge in [-0.05, 0) is 17.7 Å². The summed E-state index contributed by atoms with van der Waals surface area (Å²) in [6, 6.07) is 4.99. The van der Waals surface area contributed by atoms with Gasteiger partial charge in [-0.2, -0.15) is 0 Å². The zero-order valence-corrected chi connectivity index (χ0v) is 9.91. The van der Waals surface area contributed by atoms with Crippen LogP contribution in [0.25, 0.3) is 0 Å². The average Bonchev–Trinajstić information content (AvgIpc) is 2.38. The zero-order valence-electron chi connectivity index (χ0n) is 9.91. The Hall–Kier alpha value is -1.17. The molecule has 1 aliphatic rings. The number of rotatable bonds is 4. The average molecular weight is 240 g/mol. The van der Waals surface area contributed by atoms with E-state index < -0.39 is 0 Å². The Labute approximate surface area is 100 Å². The highest BCUT2D eigenvalue weighted by atomic mass is 19.1. The number of hydrazine groups is 1. The maximum Gasteiger partial charge on any atom is 0.165 e. The highest BCUT2D eigenvalue weighted by molar-refractivity contribution is 5.29. The Morgan fingerprint density at radius 2 is 2.18 bits per heavy atom. The van der Waals surface area contributed by atoms with E-state index in [-0.39, 0.29) is 11.6 Å². The quantitative estimate of drug-likeness (QED) is 0.856. The van der Waals surface area contributed by atoms with Gasteiger partial charge in [0, 0.05) is 19.6 Å². The number of halogens is 1. The first-order valence-corrected chi connectivity index (χ1v) is 5.68. The van der Waals surface area contributed by atoms with Crippen LogP contribution in [0, 0.1) is 5.82 Å². The summed E-state index contributed by atoms with van der Waals surface area (Å²) >= 11 is 0. The van der Waals surface area contributed by atoms with Crippen LogP contribution in [0.4, 0.5) is 4.39 Å². The van der Waals surface area contributed by atoms with Crippen molar-refractivity contribution in [1.29, 1.82) is 0 Å². The van der Waals surface area contributed by atoms with Gasteiger partial charge in [-0.1, -0.05) is 6.07 Å². The van der Waals surface area contributed by atoms with Crippen LogP contribution in [-0.2, 0) is 11.3 Å². The molecule has 0 radical (unpaired) electrons. The Morgan fingerprint density at radius 1 is 1.41 bits per heavy atom. The molecule has 1 aromatic rings. The van der Waals surface area contributed by atoms with Crippen LogP contribution < -0.4 is 10.2 Å². The molecule has 1 saturated heterocycles. The predicted octanol–water partition coefficient (Wildman–Crippen LogP) is 1.17. The van der Waals surface area contributed by atoms with Crippen molar-refractivity contribution in [2.45, 2.75) is 6.54 Å². The summed E-state index contributed by atoms with van der Waals surface area (Å²) in [4.78, 5) is 0. The Balaban J connectivity index is 1.87. The topological polar surface area (TPSA) is 33.7 Å². The van der Waals surface area contributed by atoms with Crippen LogP contribution in [-0.4, -0.2) is 38.4 Å². The molecular formula is C12H17FN2O2. The van der Waals surface area contributed by atoms with Crippen LogP contribution in [0.1, 0.15) is 5.56 Å². The van der Waals surface area contributed by atoms with Gasteiger partial charge in [0.2, 0.25) is 0 Å². The zero-order chi connectivity index (χ0) is 12.1. The van der Waals surface area contributed by atoms with Gasteiger partial charge >= 0.3 is 0 Å². The molecule has 4 nitrogen and oxygen atoms in total. The molecule has 1 aliphatic heterocycles. The summed E-state index contributed by atoms with van der Waals surface area (Å²) in [5.74, 6) is -0.0473. The van der Waals surface area contributed by atoms with E-state index in [0.29, 0.717) is 6.54 Å². The minimum atomic E-state index is -0.325. The van der Waals surface area contributed by atoms with Crippen LogP contribution in [0.5, 0.6) is 5.75 Å². The molecular weight excluding hydrogens is 223 g/mol. The van der Waals surface area contributed by atoms with Gasteiger partial charge in [-0.25, -0.2) is 9.40 Å². The second kappa shape index (κ2) is 5.95. The molecule has 5 heteroatoms. The van der Waals surface area contributed by atoms with Crippen LogP contribution >= 0.6 is 0 Å². The molecule has 0 aromatic heterocycles. The number of nitrogens with zero attached hydrogens (tertiary/aromatic N) is 1. The number of nitrogens with one attached hydrogen (secondary N) is 1. The van der Waals surface area contributed by atoms with Crippen molar-refractivity contribution in [3.63, 3.8) is 0 Å². The fourth-order valence-corrected chi connectivity index (χ4v) is 1.74. The molecule has 1 aromatic carbocycles. The number of hydrogen-bond acceptors (Lipinski definition) is 4. The fourth-order valence-electron chi connectivity index (χ4n) is 1.74. The van der Waals surface area contributed by atoms with Crippen LogP contribution in [0.15, 0.2) is 18.2 Å². The van der Waals surface area contributed by atoms with Crippen molar-refractivity contribution in [2.75, 3.05) is 33.4 Å². The molecule has 0 spiro atoms. The molecule has 1 heterocycles. The number of morpholine rings is 1. The third-order valence-corrected chi connectivity index (χ3v) is 2.73. The lowest BCUT2D eigenvalue weighted by atomic mass is 10.2. The van der Waals surface area contributed by atoms with E-state index in [4.69, 9.17) is 9.47 Å². The number of methoxy groups -OCH3 is 1. The number of ether oxygens (including phenoxy) is 2. The molecule has 1 fully saturated rings. The molecule has 94 valence electrons. The van der Waals surface area contributed by atoms with E-state index in [9.17, 15) is 4.39 Å². The summed E-state index contributed by atoms with van der Waals surface area (Å²) in [7, 11) is 1.46. The van der Waals surface area contributed by atoms with E-state index in [1.54, 1.807) is 6.07 Å². The minimum Gasteiger partial charge on any atom is -0.494 e. The number of benzene rings is 1. The highest BCUT2D eigenvalue weighted by Gasteiger charge is 2.10. The maximum atomic E-state index is 13.4. The van der Waals surface area contributed by atoms with Gasteiger partial charge in [0.05, 0.1) is 20.3 Å². The van der Waals surface area contributed by atoms with E-state index >= 15 is 0 Å². The third kappa shape index (κ3) is 3.39. The molecule has 0 bridgehead atoms. The minimum absolute atomic E-state index is 0.278. The Bertz CT molecular complexity index is 368. The van der Waals surface area contributed by atoms with Gasteiger partial charge < -0.3 is 9.47 Å². The van der Waals surface area contributed by atoms with Crippen molar-refractivity contribution in [1.82, 2.24) is 10.4 Å². The largest absolute Gasteiger partial charge is 0.494 e. The smallest absolute Gasteiger partial charge is 0.165 e. The summed E-state index contributed by atoms with van der Waals surface area (Å²) in [6.45, 7) is 3.81. The molecule has 0 atom stereocenters. The van der Waals surface area contributed by atoms with Gasteiger partial charge in [-0.3, -0.25) is 5.43 Å². The summed E-state index contributed by atoms with van der Waals surface area (Å²) in [6.07, 6.45) is 0. The molecule has 0 aliphatic carbocycles. The van der Waals surface area contributed by atoms with E-state index in [1.165, 1.54) is 13.2 Å². The van der Waals surface area contributed by atoms with Crippen molar-refractivity contribution in [3.8, 4) is 5.75 Å². The molecule has 17 heavy (non-hydrogen) atoms. The SMILES string of the molecule is COc1ccc(CNN2CCOCC2)cc1F. The molecule has 1 N–H and O–H groups in total. The van der Waals surface area contributed by atoms with Crippen LogP contribution in [0.3, 0.4) is 0 Å². The standard InChI is InChI=1S/C12H17FN2O2/c1-16-12-3-2-10(8-11(12)13)9-14-15-4-6-17-7-5-15/h2-3,8,14H,4-7,9H2,1H3. The summed E-state index contributed by atoms with van der Waals surface area (Å²) < 4.78 is 23.5. The first-order chi connectivity index (χ1) is 8.29. The van der Waals surface area contributed by atoms with E-state index in [1.807, 2.05) is 6.07 Å². The van der Waals surface area contributed by atoms with Crippen molar-refractivity contribution < 1.29 is 13.9 Å². The second-order valence-corrected chi connectivity index (χ2v) is 3.90. The lowest BCUT2D eigenvalue weighted by Gasteiger charge is -2.27. The molecule has 0 amide bonds. The van der Waals surface area contributed by atoms with Gasteiger partial charge in [0.15, 0.2) is 11.6 Å². The first kappa shape index (κ1) is 12.3. The third-order valence-electron chi connectivity index (χ3n) is 2.73. The Morgan fingerprint density at radius 3 is 2.82 bits per heavy atom. The predicted molar refractivity (Wildman–Crippen MR) is 62.2 cm³/mol.